The second kappa shape index (κ2) is 4.63. The van der Waals surface area contributed by atoms with Gasteiger partial charge in [0.25, 0.3) is 0 Å². The Morgan fingerprint density at radius 3 is 3.17 bits per heavy atom. The lowest BCUT2D eigenvalue weighted by Crippen LogP contribution is -2.15. The van der Waals surface area contributed by atoms with Crippen molar-refractivity contribution in [3.05, 3.63) is 29.7 Å². The van der Waals surface area contributed by atoms with Crippen LogP contribution in [0, 0.1) is 5.92 Å². The molecular weight excluding hydrogens is 224 g/mol. The molecular formula is C15H20N2O. The Morgan fingerprint density at radius 1 is 1.50 bits per heavy atom. The lowest BCUT2D eigenvalue weighted by molar-refractivity contribution is 0.413. The number of hydrogen-bond acceptors (Lipinski definition) is 2. The number of fused-ring (bicyclic) bond motifs is 3. The first kappa shape index (κ1) is 11.6. The molecule has 3 heteroatoms. The molecule has 0 amide bonds. The summed E-state index contributed by atoms with van der Waals surface area (Å²) in [5.74, 6) is 1.70. The third-order valence-electron chi connectivity index (χ3n) is 3.98. The van der Waals surface area contributed by atoms with E-state index in [1.165, 1.54) is 30.7 Å². The van der Waals surface area contributed by atoms with Gasteiger partial charge in [-0.3, -0.25) is 0 Å². The fourth-order valence-electron chi connectivity index (χ4n) is 3.09. The summed E-state index contributed by atoms with van der Waals surface area (Å²) >= 11 is 0. The molecule has 0 bridgehead atoms. The van der Waals surface area contributed by atoms with Gasteiger partial charge in [-0.1, -0.05) is 19.8 Å². The molecule has 0 spiro atoms. The molecule has 0 saturated carbocycles. The highest BCUT2D eigenvalue weighted by Crippen LogP contribution is 2.31. The average molecular weight is 244 g/mol. The van der Waals surface area contributed by atoms with E-state index in [4.69, 9.17) is 9.72 Å². The van der Waals surface area contributed by atoms with E-state index >= 15 is 0 Å². The van der Waals surface area contributed by atoms with E-state index < -0.39 is 0 Å². The van der Waals surface area contributed by atoms with Gasteiger partial charge in [0.1, 0.15) is 0 Å². The van der Waals surface area contributed by atoms with Crippen LogP contribution in [0.1, 0.15) is 37.6 Å². The summed E-state index contributed by atoms with van der Waals surface area (Å²) in [6.45, 7) is 2.27. The minimum atomic E-state index is 0.827. The van der Waals surface area contributed by atoms with Crippen LogP contribution in [0.15, 0.2) is 18.3 Å². The van der Waals surface area contributed by atoms with E-state index in [2.05, 4.69) is 17.5 Å². The van der Waals surface area contributed by atoms with Crippen LogP contribution < -0.4 is 4.74 Å². The number of imidazole rings is 1. The SMILES string of the molecule is CCCC1CCc2nc3c(OC)cccn3c2C1. The minimum absolute atomic E-state index is 0.827. The Hall–Kier alpha value is -1.51. The first-order chi connectivity index (χ1) is 8.83. The molecule has 3 nitrogen and oxygen atoms in total. The fourth-order valence-corrected chi connectivity index (χ4v) is 3.09. The van der Waals surface area contributed by atoms with Crippen molar-refractivity contribution < 1.29 is 4.74 Å². The van der Waals surface area contributed by atoms with Gasteiger partial charge < -0.3 is 9.14 Å². The Balaban J connectivity index is 2.05. The van der Waals surface area contributed by atoms with Crippen molar-refractivity contribution in [1.29, 1.82) is 0 Å². The van der Waals surface area contributed by atoms with Gasteiger partial charge >= 0.3 is 0 Å². The lowest BCUT2D eigenvalue weighted by atomic mass is 9.87. The van der Waals surface area contributed by atoms with Gasteiger partial charge in [-0.15, -0.1) is 0 Å². The first-order valence-corrected chi connectivity index (χ1v) is 6.86. The standard InChI is InChI=1S/C15H20N2O/c1-3-5-11-7-8-12-13(10-11)17-9-4-6-14(18-2)15(17)16-12/h4,6,9,11H,3,5,7-8,10H2,1-2H3. The maximum absolute atomic E-state index is 5.40. The van der Waals surface area contributed by atoms with Crippen molar-refractivity contribution in [3.63, 3.8) is 0 Å². The van der Waals surface area contributed by atoms with Crippen LogP contribution >= 0.6 is 0 Å². The monoisotopic (exact) mass is 244 g/mol. The summed E-state index contributed by atoms with van der Waals surface area (Å²) in [5.41, 5.74) is 3.64. The van der Waals surface area contributed by atoms with E-state index in [1.54, 1.807) is 7.11 Å². The molecule has 1 unspecified atom stereocenters. The Kier molecular flexibility index (Phi) is 2.98. The van der Waals surface area contributed by atoms with Crippen molar-refractivity contribution in [2.24, 2.45) is 5.92 Å². The zero-order chi connectivity index (χ0) is 12.5. The number of rotatable bonds is 3. The van der Waals surface area contributed by atoms with Crippen LogP contribution in [0.5, 0.6) is 5.75 Å². The molecule has 0 fully saturated rings. The summed E-state index contributed by atoms with van der Waals surface area (Å²) < 4.78 is 7.61. The van der Waals surface area contributed by atoms with Gasteiger partial charge in [-0.25, -0.2) is 4.98 Å². The lowest BCUT2D eigenvalue weighted by Gasteiger charge is -2.21. The van der Waals surface area contributed by atoms with Gasteiger partial charge in [0.05, 0.1) is 12.8 Å². The van der Waals surface area contributed by atoms with Crippen molar-refractivity contribution >= 4 is 5.65 Å². The number of ether oxygens (including phenoxy) is 1. The van der Waals surface area contributed by atoms with Crippen LogP contribution in [0.3, 0.4) is 0 Å². The summed E-state index contributed by atoms with van der Waals surface area (Å²) in [4.78, 5) is 4.76. The third kappa shape index (κ3) is 1.78. The maximum Gasteiger partial charge on any atom is 0.180 e. The molecule has 2 heterocycles. The number of aromatic nitrogens is 2. The summed E-state index contributed by atoms with van der Waals surface area (Å²) in [7, 11) is 1.71. The van der Waals surface area contributed by atoms with Gasteiger partial charge in [-0.2, -0.15) is 0 Å². The highest BCUT2D eigenvalue weighted by Gasteiger charge is 2.23. The largest absolute Gasteiger partial charge is 0.493 e. The van der Waals surface area contributed by atoms with E-state index in [1.807, 2.05) is 12.1 Å². The molecule has 2 aromatic heterocycles. The third-order valence-corrected chi connectivity index (χ3v) is 3.98. The van der Waals surface area contributed by atoms with Gasteiger partial charge in [-0.05, 0) is 37.3 Å². The number of nitrogens with zero attached hydrogens (tertiary/aromatic N) is 2. The predicted molar refractivity (Wildman–Crippen MR) is 72.2 cm³/mol. The quantitative estimate of drug-likeness (QED) is 0.828. The van der Waals surface area contributed by atoms with Crippen LogP contribution in [0.2, 0.25) is 0 Å². The summed E-state index contributed by atoms with van der Waals surface area (Å²) in [6.07, 6.45) is 8.28. The normalized spacial score (nSPS) is 18.9. The summed E-state index contributed by atoms with van der Waals surface area (Å²) in [5, 5.41) is 0. The number of hydrogen-bond donors (Lipinski definition) is 0. The van der Waals surface area contributed by atoms with Crippen LogP contribution in [0.25, 0.3) is 5.65 Å². The highest BCUT2D eigenvalue weighted by molar-refractivity contribution is 5.56. The zero-order valence-corrected chi connectivity index (χ0v) is 11.1. The Morgan fingerprint density at radius 2 is 2.39 bits per heavy atom. The first-order valence-electron chi connectivity index (χ1n) is 6.86. The fraction of sp³-hybridized carbons (Fsp3) is 0.533. The van der Waals surface area contributed by atoms with Crippen LogP contribution in [0.4, 0.5) is 0 Å². The maximum atomic E-state index is 5.40. The molecule has 0 aromatic carbocycles. The predicted octanol–water partition coefficient (Wildman–Crippen LogP) is 3.25. The molecule has 2 aromatic rings. The molecule has 1 aliphatic carbocycles. The van der Waals surface area contributed by atoms with Gasteiger partial charge in [0.15, 0.2) is 11.4 Å². The highest BCUT2D eigenvalue weighted by atomic mass is 16.5. The van der Waals surface area contributed by atoms with Crippen molar-refractivity contribution in [3.8, 4) is 5.75 Å². The zero-order valence-electron chi connectivity index (χ0n) is 11.1. The van der Waals surface area contributed by atoms with Crippen LogP contribution in [-0.4, -0.2) is 16.5 Å². The van der Waals surface area contributed by atoms with Crippen molar-refractivity contribution in [2.75, 3.05) is 7.11 Å². The van der Waals surface area contributed by atoms with E-state index in [-0.39, 0.29) is 0 Å². The van der Waals surface area contributed by atoms with E-state index in [0.29, 0.717) is 0 Å². The Labute approximate surface area is 108 Å². The molecule has 0 aliphatic heterocycles. The van der Waals surface area contributed by atoms with Gasteiger partial charge in [0, 0.05) is 11.9 Å². The van der Waals surface area contributed by atoms with Crippen LogP contribution in [-0.2, 0) is 12.8 Å². The molecule has 18 heavy (non-hydrogen) atoms. The Bertz CT molecular complexity index is 559. The smallest absolute Gasteiger partial charge is 0.180 e. The molecule has 1 aliphatic rings. The minimum Gasteiger partial charge on any atom is -0.493 e. The van der Waals surface area contributed by atoms with E-state index in [0.717, 1.165) is 30.2 Å². The van der Waals surface area contributed by atoms with Gasteiger partial charge in [0.2, 0.25) is 0 Å². The second-order valence-corrected chi connectivity index (χ2v) is 5.17. The topological polar surface area (TPSA) is 26.5 Å². The molecule has 3 rings (SSSR count). The molecule has 0 N–H and O–H groups in total. The van der Waals surface area contributed by atoms with Crippen molar-refractivity contribution in [2.45, 2.75) is 39.0 Å². The molecule has 0 radical (unpaired) electrons. The second-order valence-electron chi connectivity index (χ2n) is 5.17. The van der Waals surface area contributed by atoms with Crippen molar-refractivity contribution in [1.82, 2.24) is 9.38 Å². The molecule has 1 atom stereocenters. The summed E-state index contributed by atoms with van der Waals surface area (Å²) in [6, 6.07) is 4.02. The number of pyridine rings is 1. The number of methoxy groups -OCH3 is 1. The average Bonchev–Trinajstić information content (AvgIpc) is 2.77. The molecule has 96 valence electrons. The van der Waals surface area contributed by atoms with E-state index in [9.17, 15) is 0 Å². The number of aryl methyl sites for hydroxylation is 1. The molecule has 0 saturated heterocycles.